The largest absolute Gasteiger partial charge is 0.341 e. The molecule has 2 amide bonds. The number of rotatable bonds is 6. The predicted molar refractivity (Wildman–Crippen MR) is 122 cm³/mol. The Morgan fingerprint density at radius 1 is 1.03 bits per heavy atom. The molecule has 0 saturated carbocycles. The third-order valence-corrected chi connectivity index (χ3v) is 5.86. The Morgan fingerprint density at radius 3 is 2.27 bits per heavy atom. The van der Waals surface area contributed by atoms with Gasteiger partial charge in [-0.3, -0.25) is 9.59 Å². The van der Waals surface area contributed by atoms with Crippen LogP contribution >= 0.6 is 11.6 Å². The molecule has 2 aromatic rings. The first-order chi connectivity index (χ1) is 14.4. The molecule has 0 unspecified atom stereocenters. The van der Waals surface area contributed by atoms with Gasteiger partial charge in [0.1, 0.15) is 6.04 Å². The van der Waals surface area contributed by atoms with Crippen molar-refractivity contribution < 1.29 is 9.59 Å². The molecule has 1 aliphatic heterocycles. The lowest BCUT2D eigenvalue weighted by Gasteiger charge is -2.35. The minimum absolute atomic E-state index is 0.000942. The topological polar surface area (TPSA) is 49.4 Å². The van der Waals surface area contributed by atoms with Crippen LogP contribution in [0.4, 0.5) is 0 Å². The van der Waals surface area contributed by atoms with Crippen LogP contribution in [-0.2, 0) is 9.59 Å². The van der Waals surface area contributed by atoms with Crippen LogP contribution in [0.15, 0.2) is 60.7 Å². The maximum absolute atomic E-state index is 13.1. The summed E-state index contributed by atoms with van der Waals surface area (Å²) in [6.07, 6.45) is 5.08. The lowest BCUT2D eigenvalue weighted by molar-refractivity contribution is -0.137. The molecule has 1 saturated heterocycles. The SMILES string of the molecule is CC(C)[C@@H](NC(=O)C=Cc1ccccc1)C(=O)N1CCC(c2ccc(Cl)cc2)CC1. The second-order valence-corrected chi connectivity index (χ2v) is 8.56. The Hall–Kier alpha value is -2.59. The number of benzene rings is 2. The van der Waals surface area contributed by atoms with E-state index in [0.717, 1.165) is 23.4 Å². The molecule has 1 aliphatic rings. The quantitative estimate of drug-likeness (QED) is 0.670. The number of piperidine rings is 1. The van der Waals surface area contributed by atoms with Crippen LogP contribution in [0, 0.1) is 5.92 Å². The van der Waals surface area contributed by atoms with E-state index >= 15 is 0 Å². The lowest BCUT2D eigenvalue weighted by atomic mass is 9.89. The van der Waals surface area contributed by atoms with Crippen molar-refractivity contribution in [2.45, 2.75) is 38.6 Å². The third-order valence-electron chi connectivity index (χ3n) is 5.61. The van der Waals surface area contributed by atoms with Crippen molar-refractivity contribution in [2.24, 2.45) is 5.92 Å². The summed E-state index contributed by atoms with van der Waals surface area (Å²) in [6.45, 7) is 5.32. The van der Waals surface area contributed by atoms with Crippen LogP contribution in [0.3, 0.4) is 0 Å². The fourth-order valence-corrected chi connectivity index (χ4v) is 3.94. The Bertz CT molecular complexity index is 870. The van der Waals surface area contributed by atoms with Crippen molar-refractivity contribution in [2.75, 3.05) is 13.1 Å². The monoisotopic (exact) mass is 424 g/mol. The summed E-state index contributed by atoms with van der Waals surface area (Å²) < 4.78 is 0. The molecular formula is C25H29ClN2O2. The molecule has 3 rings (SSSR count). The van der Waals surface area contributed by atoms with Gasteiger partial charge < -0.3 is 10.2 Å². The summed E-state index contributed by atoms with van der Waals surface area (Å²) in [4.78, 5) is 27.4. The molecule has 1 N–H and O–H groups in total. The number of nitrogens with zero attached hydrogens (tertiary/aromatic N) is 1. The smallest absolute Gasteiger partial charge is 0.245 e. The Balaban J connectivity index is 1.57. The molecule has 158 valence electrons. The van der Waals surface area contributed by atoms with Crippen LogP contribution in [0.25, 0.3) is 6.08 Å². The van der Waals surface area contributed by atoms with E-state index in [-0.39, 0.29) is 17.7 Å². The molecule has 0 spiro atoms. The first-order valence-electron chi connectivity index (χ1n) is 10.5. The van der Waals surface area contributed by atoms with Gasteiger partial charge >= 0.3 is 0 Å². The highest BCUT2D eigenvalue weighted by molar-refractivity contribution is 6.30. The van der Waals surface area contributed by atoms with Gasteiger partial charge in [0.2, 0.25) is 11.8 Å². The molecule has 0 radical (unpaired) electrons. The first kappa shape index (κ1) is 22.1. The van der Waals surface area contributed by atoms with Gasteiger partial charge in [-0.1, -0.05) is 67.9 Å². The Kier molecular flexibility index (Phi) is 7.69. The zero-order valence-electron chi connectivity index (χ0n) is 17.6. The van der Waals surface area contributed by atoms with E-state index in [9.17, 15) is 9.59 Å². The van der Waals surface area contributed by atoms with E-state index in [2.05, 4.69) is 17.4 Å². The second-order valence-electron chi connectivity index (χ2n) is 8.13. The molecule has 1 atom stereocenters. The minimum Gasteiger partial charge on any atom is -0.341 e. The zero-order chi connectivity index (χ0) is 21.5. The first-order valence-corrected chi connectivity index (χ1v) is 10.9. The zero-order valence-corrected chi connectivity index (χ0v) is 18.3. The van der Waals surface area contributed by atoms with Crippen molar-refractivity contribution in [3.05, 3.63) is 76.8 Å². The van der Waals surface area contributed by atoms with Gasteiger partial charge in [0.15, 0.2) is 0 Å². The standard InChI is InChI=1S/C25H29ClN2O2/c1-18(2)24(27-23(29)13-8-19-6-4-3-5-7-19)25(30)28-16-14-21(15-17-28)20-9-11-22(26)12-10-20/h3-13,18,21,24H,14-17H2,1-2H3,(H,27,29)/t24-/m1/s1. The highest BCUT2D eigenvalue weighted by Crippen LogP contribution is 2.29. The minimum atomic E-state index is -0.523. The van der Waals surface area contributed by atoms with E-state index in [1.807, 2.05) is 61.2 Å². The van der Waals surface area contributed by atoms with Crippen molar-refractivity contribution in [3.63, 3.8) is 0 Å². The van der Waals surface area contributed by atoms with Gasteiger partial charge in [0, 0.05) is 24.2 Å². The summed E-state index contributed by atoms with van der Waals surface area (Å²) in [5, 5.41) is 3.64. The average molecular weight is 425 g/mol. The molecule has 5 heteroatoms. The maximum Gasteiger partial charge on any atom is 0.245 e. The van der Waals surface area contributed by atoms with Crippen LogP contribution in [0.5, 0.6) is 0 Å². The van der Waals surface area contributed by atoms with Gasteiger partial charge in [-0.15, -0.1) is 0 Å². The normalized spacial score (nSPS) is 16.1. The Labute approximate surface area is 183 Å². The summed E-state index contributed by atoms with van der Waals surface area (Å²) in [5.74, 6) is 0.204. The molecule has 1 fully saturated rings. The van der Waals surface area contributed by atoms with Crippen LogP contribution in [0.2, 0.25) is 5.02 Å². The molecule has 0 aromatic heterocycles. The van der Waals surface area contributed by atoms with Crippen LogP contribution in [0.1, 0.15) is 43.7 Å². The van der Waals surface area contributed by atoms with Gasteiger partial charge in [0.25, 0.3) is 0 Å². The molecular weight excluding hydrogens is 396 g/mol. The van der Waals surface area contributed by atoms with Crippen molar-refractivity contribution in [1.82, 2.24) is 10.2 Å². The second kappa shape index (κ2) is 10.4. The van der Waals surface area contributed by atoms with Crippen LogP contribution < -0.4 is 5.32 Å². The maximum atomic E-state index is 13.1. The fourth-order valence-electron chi connectivity index (χ4n) is 3.82. The van der Waals surface area contributed by atoms with E-state index in [0.29, 0.717) is 19.0 Å². The number of amides is 2. The van der Waals surface area contributed by atoms with E-state index in [1.165, 1.54) is 11.6 Å². The molecule has 0 aliphatic carbocycles. The van der Waals surface area contributed by atoms with E-state index in [1.54, 1.807) is 6.08 Å². The predicted octanol–water partition coefficient (Wildman–Crippen LogP) is 4.90. The van der Waals surface area contributed by atoms with Gasteiger partial charge in [-0.2, -0.15) is 0 Å². The third kappa shape index (κ3) is 5.96. The van der Waals surface area contributed by atoms with Crippen molar-refractivity contribution in [1.29, 1.82) is 0 Å². The highest BCUT2D eigenvalue weighted by atomic mass is 35.5. The van der Waals surface area contributed by atoms with Gasteiger partial charge in [-0.25, -0.2) is 0 Å². The molecule has 1 heterocycles. The number of carbonyl (C=O) groups is 2. The number of nitrogens with one attached hydrogen (secondary N) is 1. The molecule has 2 aromatic carbocycles. The Morgan fingerprint density at radius 2 is 1.67 bits per heavy atom. The highest BCUT2D eigenvalue weighted by Gasteiger charge is 2.31. The average Bonchev–Trinajstić information content (AvgIpc) is 2.77. The fraction of sp³-hybridized carbons (Fsp3) is 0.360. The molecule has 0 bridgehead atoms. The van der Waals surface area contributed by atoms with Gasteiger partial charge in [0.05, 0.1) is 0 Å². The molecule has 4 nitrogen and oxygen atoms in total. The number of carbonyl (C=O) groups excluding carboxylic acids is 2. The number of hydrogen-bond donors (Lipinski definition) is 1. The lowest BCUT2D eigenvalue weighted by Crippen LogP contribution is -2.52. The van der Waals surface area contributed by atoms with Gasteiger partial charge in [-0.05, 0) is 54.0 Å². The van der Waals surface area contributed by atoms with Crippen LogP contribution in [-0.4, -0.2) is 35.8 Å². The van der Waals surface area contributed by atoms with Crippen molar-refractivity contribution >= 4 is 29.5 Å². The summed E-state index contributed by atoms with van der Waals surface area (Å²) >= 11 is 5.99. The van der Waals surface area contributed by atoms with E-state index < -0.39 is 6.04 Å². The molecule has 30 heavy (non-hydrogen) atoms. The number of hydrogen-bond acceptors (Lipinski definition) is 2. The van der Waals surface area contributed by atoms with E-state index in [4.69, 9.17) is 11.6 Å². The summed E-state index contributed by atoms with van der Waals surface area (Å²) in [7, 11) is 0. The summed E-state index contributed by atoms with van der Waals surface area (Å²) in [6, 6.07) is 17.1. The number of likely N-dealkylation sites (tertiary alicyclic amines) is 1. The number of halogens is 1. The summed E-state index contributed by atoms with van der Waals surface area (Å²) in [5.41, 5.74) is 2.22. The van der Waals surface area contributed by atoms with Crippen molar-refractivity contribution in [3.8, 4) is 0 Å².